The van der Waals surface area contributed by atoms with Gasteiger partial charge in [-0.3, -0.25) is 4.79 Å². The van der Waals surface area contributed by atoms with E-state index in [1.165, 1.54) is 5.70 Å². The van der Waals surface area contributed by atoms with Crippen LogP contribution in [0.4, 0.5) is 0 Å². The van der Waals surface area contributed by atoms with Crippen molar-refractivity contribution in [1.29, 1.82) is 0 Å². The number of carbonyl (C=O) groups excluding carboxylic acids is 1. The summed E-state index contributed by atoms with van der Waals surface area (Å²) >= 11 is 0. The summed E-state index contributed by atoms with van der Waals surface area (Å²) in [6.45, 7) is 11.8. The first-order chi connectivity index (χ1) is 14.7. The second kappa shape index (κ2) is 7.93. The van der Waals surface area contributed by atoms with Crippen molar-refractivity contribution < 1.29 is 14.3 Å². The van der Waals surface area contributed by atoms with Crippen LogP contribution in [0.5, 0.6) is 11.5 Å². The lowest BCUT2D eigenvalue weighted by Gasteiger charge is -2.20. The van der Waals surface area contributed by atoms with Crippen LogP contribution in [0.25, 0.3) is 0 Å². The van der Waals surface area contributed by atoms with Crippen molar-refractivity contribution in [1.82, 2.24) is 10.6 Å². The lowest BCUT2D eigenvalue weighted by Crippen LogP contribution is -2.34. The fraction of sp³-hybridized carbons (Fsp3) is 0.400. The molecule has 0 radical (unpaired) electrons. The predicted octanol–water partition coefficient (Wildman–Crippen LogP) is 3.42. The first kappa shape index (κ1) is 21.2. The molecular formula is C25H31N3O3. The Morgan fingerprint density at radius 1 is 1.29 bits per heavy atom. The molecule has 4 N–H and O–H groups in total. The summed E-state index contributed by atoms with van der Waals surface area (Å²) in [6.07, 6.45) is 7.60. The maximum absolute atomic E-state index is 13.4. The van der Waals surface area contributed by atoms with E-state index in [0.717, 1.165) is 41.8 Å². The van der Waals surface area contributed by atoms with Crippen LogP contribution in [-0.2, 0) is 10.2 Å². The van der Waals surface area contributed by atoms with E-state index in [9.17, 15) is 4.79 Å². The molecular weight excluding hydrogens is 390 g/mol. The molecule has 0 saturated heterocycles. The molecule has 3 aliphatic rings. The van der Waals surface area contributed by atoms with Crippen LogP contribution < -0.4 is 25.8 Å². The highest BCUT2D eigenvalue weighted by molar-refractivity contribution is 5.93. The third kappa shape index (κ3) is 4.39. The fourth-order valence-electron chi connectivity index (χ4n) is 3.87. The van der Waals surface area contributed by atoms with Gasteiger partial charge in [0.25, 0.3) is 0 Å². The van der Waals surface area contributed by atoms with E-state index in [-0.39, 0.29) is 18.1 Å². The van der Waals surface area contributed by atoms with Gasteiger partial charge in [0.2, 0.25) is 12.7 Å². The van der Waals surface area contributed by atoms with Gasteiger partial charge in [0.15, 0.2) is 11.5 Å². The third-order valence-electron chi connectivity index (χ3n) is 5.95. The van der Waals surface area contributed by atoms with Gasteiger partial charge >= 0.3 is 0 Å². The maximum atomic E-state index is 13.4. The molecule has 1 aromatic carbocycles. The van der Waals surface area contributed by atoms with Crippen molar-refractivity contribution in [2.75, 3.05) is 19.9 Å². The van der Waals surface area contributed by atoms with Crippen molar-refractivity contribution in [2.45, 2.75) is 39.0 Å². The standard InChI is InChI=1S/C25H31N3O3/c1-16(13-26)9-19(10-17-11-22(27-14-17)24(2,3)4)28-23(29)25(7-8-25)18-5-6-20-21(12-18)31-15-30-20/h5-6,9-12,27H,1,7-8,13-15,26H2,2-4H3,(H,28,29)/b17-10-,19-9+. The normalized spacial score (nSPS) is 20.3. The number of carbonyl (C=O) groups is 1. The van der Waals surface area contributed by atoms with E-state index in [2.05, 4.69) is 44.1 Å². The van der Waals surface area contributed by atoms with Crippen molar-refractivity contribution in [3.8, 4) is 11.5 Å². The van der Waals surface area contributed by atoms with Gasteiger partial charge in [-0.05, 0) is 59.9 Å². The summed E-state index contributed by atoms with van der Waals surface area (Å²) in [5, 5.41) is 6.58. The van der Waals surface area contributed by atoms with Crippen molar-refractivity contribution in [2.24, 2.45) is 11.1 Å². The number of amides is 1. The van der Waals surface area contributed by atoms with Crippen LogP contribution in [0, 0.1) is 5.41 Å². The number of nitrogens with two attached hydrogens (primary N) is 1. The Balaban J connectivity index is 1.57. The van der Waals surface area contributed by atoms with Gasteiger partial charge in [-0.1, -0.05) is 33.4 Å². The topological polar surface area (TPSA) is 85.6 Å². The number of rotatable bonds is 6. The van der Waals surface area contributed by atoms with E-state index >= 15 is 0 Å². The van der Waals surface area contributed by atoms with Crippen molar-refractivity contribution in [3.05, 3.63) is 71.1 Å². The lowest BCUT2D eigenvalue weighted by molar-refractivity contribution is -0.122. The second-order valence-corrected chi connectivity index (χ2v) is 9.45. The highest BCUT2D eigenvalue weighted by atomic mass is 16.7. The average molecular weight is 422 g/mol. The second-order valence-electron chi connectivity index (χ2n) is 9.45. The molecule has 6 heteroatoms. The Morgan fingerprint density at radius 3 is 2.68 bits per heavy atom. The summed E-state index contributed by atoms with van der Waals surface area (Å²) in [5.41, 5.74) is 9.96. The van der Waals surface area contributed by atoms with Gasteiger partial charge in [0, 0.05) is 29.9 Å². The van der Waals surface area contributed by atoms with Gasteiger partial charge in [0.1, 0.15) is 0 Å². The van der Waals surface area contributed by atoms with Crippen LogP contribution in [0.2, 0.25) is 0 Å². The maximum Gasteiger partial charge on any atom is 0.235 e. The van der Waals surface area contributed by atoms with Crippen LogP contribution in [-0.4, -0.2) is 25.8 Å². The van der Waals surface area contributed by atoms with E-state index in [1.54, 1.807) is 0 Å². The lowest BCUT2D eigenvalue weighted by atomic mass is 9.92. The molecule has 6 nitrogen and oxygen atoms in total. The summed E-state index contributed by atoms with van der Waals surface area (Å²) in [5.74, 6) is 1.40. The third-order valence-corrected chi connectivity index (χ3v) is 5.95. The SMILES string of the molecule is C=C(/C=C(\C=C1\C=C(C(C)(C)C)NC1)NC(=O)C1(c2ccc3c(c2)OCO3)CC1)CN. The number of allylic oxidation sites excluding steroid dienone is 2. The summed E-state index contributed by atoms with van der Waals surface area (Å²) < 4.78 is 10.9. The number of hydrogen-bond acceptors (Lipinski definition) is 5. The molecule has 0 spiro atoms. The first-order valence-corrected chi connectivity index (χ1v) is 10.7. The molecule has 0 atom stereocenters. The zero-order valence-electron chi connectivity index (χ0n) is 18.5. The fourth-order valence-corrected chi connectivity index (χ4v) is 3.87. The highest BCUT2D eigenvalue weighted by Gasteiger charge is 2.51. The van der Waals surface area contributed by atoms with Crippen LogP contribution in [0.3, 0.4) is 0 Å². The molecule has 164 valence electrons. The molecule has 0 aromatic heterocycles. The minimum Gasteiger partial charge on any atom is -0.454 e. The number of nitrogens with one attached hydrogen (secondary N) is 2. The Bertz CT molecular complexity index is 1010. The van der Waals surface area contributed by atoms with E-state index in [0.29, 0.717) is 18.0 Å². The minimum atomic E-state index is -0.539. The average Bonchev–Trinajstić information content (AvgIpc) is 3.16. The summed E-state index contributed by atoms with van der Waals surface area (Å²) in [6, 6.07) is 5.76. The van der Waals surface area contributed by atoms with Gasteiger partial charge in [0.05, 0.1) is 5.41 Å². The van der Waals surface area contributed by atoms with Crippen molar-refractivity contribution >= 4 is 5.91 Å². The molecule has 1 aromatic rings. The zero-order valence-corrected chi connectivity index (χ0v) is 18.5. The molecule has 1 saturated carbocycles. The van der Waals surface area contributed by atoms with Gasteiger partial charge < -0.3 is 25.8 Å². The van der Waals surface area contributed by atoms with E-state index in [4.69, 9.17) is 15.2 Å². The number of fused-ring (bicyclic) bond motifs is 1. The Kier molecular flexibility index (Phi) is 5.43. The smallest absolute Gasteiger partial charge is 0.235 e. The van der Waals surface area contributed by atoms with E-state index in [1.807, 2.05) is 30.4 Å². The van der Waals surface area contributed by atoms with Gasteiger partial charge in [-0.15, -0.1) is 0 Å². The first-order valence-electron chi connectivity index (χ1n) is 10.7. The quantitative estimate of drug-likeness (QED) is 0.613. The predicted molar refractivity (Wildman–Crippen MR) is 122 cm³/mol. The molecule has 2 heterocycles. The monoisotopic (exact) mass is 421 g/mol. The molecule has 31 heavy (non-hydrogen) atoms. The summed E-state index contributed by atoms with van der Waals surface area (Å²) in [7, 11) is 0. The molecule has 0 unspecified atom stereocenters. The van der Waals surface area contributed by atoms with Crippen LogP contribution >= 0.6 is 0 Å². The van der Waals surface area contributed by atoms with Crippen molar-refractivity contribution in [3.63, 3.8) is 0 Å². The zero-order chi connectivity index (χ0) is 22.2. The summed E-state index contributed by atoms with van der Waals surface area (Å²) in [4.78, 5) is 13.4. The Labute approximate surface area is 183 Å². The van der Waals surface area contributed by atoms with Gasteiger partial charge in [-0.25, -0.2) is 0 Å². The number of hydrogen-bond donors (Lipinski definition) is 3. The Morgan fingerprint density at radius 2 is 2.03 bits per heavy atom. The number of ether oxygens (including phenoxy) is 2. The largest absolute Gasteiger partial charge is 0.454 e. The molecule has 1 amide bonds. The molecule has 0 bridgehead atoms. The number of benzene rings is 1. The van der Waals surface area contributed by atoms with Gasteiger partial charge in [-0.2, -0.15) is 0 Å². The molecule has 1 fully saturated rings. The molecule has 4 rings (SSSR count). The van der Waals surface area contributed by atoms with Crippen LogP contribution in [0.1, 0.15) is 39.2 Å². The van der Waals surface area contributed by atoms with E-state index < -0.39 is 5.41 Å². The molecule has 2 aliphatic heterocycles. The molecule has 1 aliphatic carbocycles. The van der Waals surface area contributed by atoms with Crippen LogP contribution in [0.15, 0.2) is 65.5 Å². The minimum absolute atomic E-state index is 0.0229. The highest BCUT2D eigenvalue weighted by Crippen LogP contribution is 2.50. The Hall–Kier alpha value is -2.99.